The molecule has 4 rings (SSSR count). The van der Waals surface area contributed by atoms with Crippen LogP contribution < -0.4 is 0 Å². The van der Waals surface area contributed by atoms with E-state index >= 15 is 0 Å². The zero-order chi connectivity index (χ0) is 13.7. The normalized spacial score (nSPS) is 11.5. The van der Waals surface area contributed by atoms with Crippen LogP contribution in [-0.2, 0) is 7.05 Å². The third-order valence-electron chi connectivity index (χ3n) is 3.63. The van der Waals surface area contributed by atoms with E-state index in [9.17, 15) is 0 Å². The Hall–Kier alpha value is -2.62. The average Bonchev–Trinajstić information content (AvgIpc) is 3.00. The summed E-state index contributed by atoms with van der Waals surface area (Å²) < 4.78 is 4.12. The second-order valence-electron chi connectivity index (χ2n) is 5.08. The van der Waals surface area contributed by atoms with E-state index in [1.807, 2.05) is 42.0 Å². The number of rotatable bonds is 1. The molecule has 0 atom stereocenters. The van der Waals surface area contributed by atoms with Crippen molar-refractivity contribution in [3.8, 4) is 11.5 Å². The topological polar surface area (TPSA) is 35.1 Å². The summed E-state index contributed by atoms with van der Waals surface area (Å²) in [5.74, 6) is 0.896. The summed E-state index contributed by atoms with van der Waals surface area (Å²) in [5.41, 5.74) is 5.18. The second kappa shape index (κ2) is 3.93. The lowest BCUT2D eigenvalue weighted by Crippen LogP contribution is -1.92. The van der Waals surface area contributed by atoms with Gasteiger partial charge in [0.05, 0.1) is 11.0 Å². The van der Waals surface area contributed by atoms with Gasteiger partial charge in [0, 0.05) is 19.4 Å². The number of fused-ring (bicyclic) bond motifs is 2. The van der Waals surface area contributed by atoms with E-state index in [1.54, 1.807) is 0 Å². The second-order valence-corrected chi connectivity index (χ2v) is 5.08. The molecule has 0 fully saturated rings. The third kappa shape index (κ3) is 1.54. The van der Waals surface area contributed by atoms with Gasteiger partial charge < -0.3 is 8.97 Å². The Labute approximate surface area is 116 Å². The summed E-state index contributed by atoms with van der Waals surface area (Å²) in [7, 11) is 2.03. The Morgan fingerprint density at radius 2 is 1.90 bits per heavy atom. The molecule has 4 aromatic rings. The summed E-state index contributed by atoms with van der Waals surface area (Å²) in [6.07, 6.45) is 4.06. The molecule has 0 aliphatic carbocycles. The van der Waals surface area contributed by atoms with Crippen LogP contribution in [-0.4, -0.2) is 18.9 Å². The van der Waals surface area contributed by atoms with Gasteiger partial charge >= 0.3 is 0 Å². The highest BCUT2D eigenvalue weighted by atomic mass is 15.1. The van der Waals surface area contributed by atoms with Crippen LogP contribution in [0.15, 0.2) is 48.8 Å². The molecule has 0 aliphatic rings. The van der Waals surface area contributed by atoms with E-state index in [1.165, 1.54) is 5.56 Å². The van der Waals surface area contributed by atoms with Crippen molar-refractivity contribution in [2.24, 2.45) is 7.05 Å². The van der Waals surface area contributed by atoms with Crippen molar-refractivity contribution in [1.82, 2.24) is 18.9 Å². The lowest BCUT2D eigenvalue weighted by atomic mass is 10.3. The number of hydrogen-bond acceptors (Lipinski definition) is 2. The number of benzene rings is 1. The Morgan fingerprint density at radius 3 is 2.75 bits per heavy atom. The first-order chi connectivity index (χ1) is 9.72. The Bertz CT molecular complexity index is 930. The number of para-hydroxylation sites is 2. The molecular weight excluding hydrogens is 248 g/mol. The summed E-state index contributed by atoms with van der Waals surface area (Å²) in [6.45, 7) is 2.07. The molecule has 0 saturated carbocycles. The predicted octanol–water partition coefficient (Wildman–Crippen LogP) is 3.20. The van der Waals surface area contributed by atoms with Gasteiger partial charge in [-0.1, -0.05) is 12.1 Å². The van der Waals surface area contributed by atoms with Crippen molar-refractivity contribution >= 4 is 16.7 Å². The first-order valence-corrected chi connectivity index (χ1v) is 6.59. The highest BCUT2D eigenvalue weighted by molar-refractivity contribution is 5.80. The maximum Gasteiger partial charge on any atom is 0.161 e. The molecule has 20 heavy (non-hydrogen) atoms. The van der Waals surface area contributed by atoms with Crippen LogP contribution in [0.4, 0.5) is 0 Å². The van der Waals surface area contributed by atoms with Crippen molar-refractivity contribution in [3.05, 3.63) is 54.4 Å². The first kappa shape index (κ1) is 11.2. The molecule has 0 saturated heterocycles. The van der Waals surface area contributed by atoms with E-state index in [-0.39, 0.29) is 0 Å². The lowest BCUT2D eigenvalue weighted by molar-refractivity contribution is 0.953. The number of hydrogen-bond donors (Lipinski definition) is 0. The van der Waals surface area contributed by atoms with Crippen molar-refractivity contribution in [2.75, 3.05) is 0 Å². The van der Waals surface area contributed by atoms with Crippen LogP contribution in [0.25, 0.3) is 28.2 Å². The van der Waals surface area contributed by atoms with Crippen LogP contribution >= 0.6 is 0 Å². The Balaban J connectivity index is 1.98. The third-order valence-corrected chi connectivity index (χ3v) is 3.63. The van der Waals surface area contributed by atoms with Gasteiger partial charge in [-0.3, -0.25) is 0 Å². The minimum atomic E-state index is 0.896. The van der Waals surface area contributed by atoms with Gasteiger partial charge in [0.1, 0.15) is 11.3 Å². The molecule has 0 amide bonds. The zero-order valence-corrected chi connectivity index (χ0v) is 11.4. The van der Waals surface area contributed by atoms with E-state index in [0.717, 1.165) is 28.2 Å². The largest absolute Gasteiger partial charge is 0.326 e. The van der Waals surface area contributed by atoms with Gasteiger partial charge in [0.2, 0.25) is 0 Å². The minimum absolute atomic E-state index is 0.896. The summed E-state index contributed by atoms with van der Waals surface area (Å²) in [5, 5.41) is 0. The van der Waals surface area contributed by atoms with Gasteiger partial charge in [0.25, 0.3) is 0 Å². The number of nitrogens with zero attached hydrogens (tertiary/aromatic N) is 4. The molecule has 3 heterocycles. The van der Waals surface area contributed by atoms with Crippen LogP contribution in [0.1, 0.15) is 5.56 Å². The number of pyridine rings is 1. The molecule has 4 heteroatoms. The Morgan fingerprint density at radius 1 is 1.05 bits per heavy atom. The van der Waals surface area contributed by atoms with E-state index in [4.69, 9.17) is 0 Å². The molecule has 0 unspecified atom stereocenters. The molecule has 0 bridgehead atoms. The molecule has 0 spiro atoms. The predicted molar refractivity (Wildman–Crippen MR) is 79.6 cm³/mol. The fourth-order valence-corrected chi connectivity index (χ4v) is 2.57. The fourth-order valence-electron chi connectivity index (χ4n) is 2.57. The van der Waals surface area contributed by atoms with Crippen molar-refractivity contribution in [2.45, 2.75) is 6.92 Å². The number of aryl methyl sites for hydroxylation is 2. The maximum absolute atomic E-state index is 4.69. The Kier molecular flexibility index (Phi) is 2.21. The van der Waals surface area contributed by atoms with Crippen molar-refractivity contribution in [1.29, 1.82) is 0 Å². The smallest absolute Gasteiger partial charge is 0.161 e. The standard InChI is InChI=1S/C16H14N4/c1-11-7-8-20-10-13(17-15(20)9-11)16-18-12-5-3-4-6-14(12)19(16)2/h3-10H,1-2H3. The maximum atomic E-state index is 4.69. The minimum Gasteiger partial charge on any atom is -0.326 e. The van der Waals surface area contributed by atoms with Gasteiger partial charge in [-0.05, 0) is 36.8 Å². The monoisotopic (exact) mass is 262 g/mol. The number of aromatic nitrogens is 4. The number of imidazole rings is 2. The average molecular weight is 262 g/mol. The van der Waals surface area contributed by atoms with Crippen LogP contribution in [0.2, 0.25) is 0 Å². The molecule has 0 aliphatic heterocycles. The summed E-state index contributed by atoms with van der Waals surface area (Å²) in [6, 6.07) is 12.3. The summed E-state index contributed by atoms with van der Waals surface area (Å²) >= 11 is 0. The van der Waals surface area contributed by atoms with Crippen LogP contribution in [0.3, 0.4) is 0 Å². The highest BCUT2D eigenvalue weighted by Crippen LogP contribution is 2.23. The van der Waals surface area contributed by atoms with Crippen molar-refractivity contribution < 1.29 is 0 Å². The zero-order valence-electron chi connectivity index (χ0n) is 11.4. The van der Waals surface area contributed by atoms with Gasteiger partial charge in [-0.2, -0.15) is 0 Å². The molecule has 98 valence electrons. The van der Waals surface area contributed by atoms with Crippen molar-refractivity contribution in [3.63, 3.8) is 0 Å². The quantitative estimate of drug-likeness (QED) is 0.528. The molecule has 3 aromatic heterocycles. The molecule has 0 N–H and O–H groups in total. The molecule has 0 radical (unpaired) electrons. The van der Waals surface area contributed by atoms with Gasteiger partial charge in [-0.15, -0.1) is 0 Å². The van der Waals surface area contributed by atoms with Crippen LogP contribution in [0, 0.1) is 6.92 Å². The fraction of sp³-hybridized carbons (Fsp3) is 0.125. The van der Waals surface area contributed by atoms with Gasteiger partial charge in [0.15, 0.2) is 5.82 Å². The highest BCUT2D eigenvalue weighted by Gasteiger charge is 2.12. The molecule has 4 nitrogen and oxygen atoms in total. The van der Waals surface area contributed by atoms with E-state index in [2.05, 4.69) is 39.7 Å². The van der Waals surface area contributed by atoms with Gasteiger partial charge in [-0.25, -0.2) is 9.97 Å². The van der Waals surface area contributed by atoms with E-state index in [0.29, 0.717) is 0 Å². The summed E-state index contributed by atoms with van der Waals surface area (Å²) in [4.78, 5) is 9.37. The molecule has 1 aromatic carbocycles. The SMILES string of the molecule is Cc1ccn2cc(-c3nc4ccccc4n3C)nc2c1. The molecular formula is C16H14N4. The lowest BCUT2D eigenvalue weighted by Gasteiger charge is -1.97. The van der Waals surface area contributed by atoms with E-state index < -0.39 is 0 Å². The first-order valence-electron chi connectivity index (χ1n) is 6.59. The van der Waals surface area contributed by atoms with Crippen LogP contribution in [0.5, 0.6) is 0 Å².